The second kappa shape index (κ2) is 10.8. The van der Waals surface area contributed by atoms with E-state index in [1.807, 2.05) is 18.2 Å². The minimum atomic E-state index is 0.497. The highest BCUT2D eigenvalue weighted by Gasteiger charge is 2.17. The summed E-state index contributed by atoms with van der Waals surface area (Å²) in [5.74, 6) is 2.49. The van der Waals surface area contributed by atoms with Gasteiger partial charge in [-0.2, -0.15) is 0 Å². The van der Waals surface area contributed by atoms with Crippen LogP contribution in [0.1, 0.15) is 56.3 Å². The Hall–Kier alpha value is -4.00. The Morgan fingerprint density at radius 3 is 2.63 bits per heavy atom. The van der Waals surface area contributed by atoms with Gasteiger partial charge in [0.2, 0.25) is 0 Å². The summed E-state index contributed by atoms with van der Waals surface area (Å²) >= 11 is 0. The first-order valence-electron chi connectivity index (χ1n) is 13.7. The molecule has 0 saturated carbocycles. The maximum atomic E-state index is 6.29. The summed E-state index contributed by atoms with van der Waals surface area (Å²) in [6, 6.07) is 12.6. The number of unbranched alkanes of at least 4 members (excludes halogenated alkanes) is 1. The van der Waals surface area contributed by atoms with Gasteiger partial charge in [-0.05, 0) is 55.0 Å². The van der Waals surface area contributed by atoms with Crippen molar-refractivity contribution < 1.29 is 4.74 Å². The van der Waals surface area contributed by atoms with Crippen LogP contribution in [0, 0.1) is 0 Å². The van der Waals surface area contributed by atoms with E-state index >= 15 is 0 Å². The van der Waals surface area contributed by atoms with Crippen molar-refractivity contribution in [2.24, 2.45) is 0 Å². The summed E-state index contributed by atoms with van der Waals surface area (Å²) in [7, 11) is 1.75. The van der Waals surface area contributed by atoms with Gasteiger partial charge in [-0.1, -0.05) is 45.5 Å². The molecule has 3 heterocycles. The van der Waals surface area contributed by atoms with Crippen LogP contribution in [0.4, 0.5) is 5.82 Å². The lowest BCUT2D eigenvalue weighted by Gasteiger charge is -2.13. The van der Waals surface area contributed by atoms with Gasteiger partial charge in [0.15, 0.2) is 5.82 Å². The Morgan fingerprint density at radius 1 is 1.08 bits per heavy atom. The first-order chi connectivity index (χ1) is 18.5. The van der Waals surface area contributed by atoms with Gasteiger partial charge in [0, 0.05) is 30.3 Å². The summed E-state index contributed by atoms with van der Waals surface area (Å²) in [5, 5.41) is 5.78. The quantitative estimate of drug-likeness (QED) is 0.179. The highest BCUT2D eigenvalue weighted by molar-refractivity contribution is 6.06. The topological polar surface area (TPSA) is 93.8 Å². The molecule has 5 rings (SSSR count). The molecule has 2 aromatic carbocycles. The van der Waals surface area contributed by atoms with Crippen LogP contribution >= 0.6 is 0 Å². The summed E-state index contributed by atoms with van der Waals surface area (Å²) in [5.41, 5.74) is 14.6. The summed E-state index contributed by atoms with van der Waals surface area (Å²) < 4.78 is 8.14. The molecule has 0 unspecified atom stereocenters. The lowest BCUT2D eigenvalue weighted by molar-refractivity contribution is 0.414. The van der Waals surface area contributed by atoms with Crippen LogP contribution in [0.3, 0.4) is 0 Å². The molecule has 0 aliphatic heterocycles. The molecule has 4 N–H and O–H groups in total. The zero-order valence-corrected chi connectivity index (χ0v) is 22.9. The van der Waals surface area contributed by atoms with E-state index in [2.05, 4.69) is 65.4 Å². The molecule has 0 fully saturated rings. The number of imidazole rings is 1. The predicted molar refractivity (Wildman–Crippen MR) is 159 cm³/mol. The van der Waals surface area contributed by atoms with Crippen molar-refractivity contribution >= 4 is 44.4 Å². The van der Waals surface area contributed by atoms with Gasteiger partial charge >= 0.3 is 0 Å². The van der Waals surface area contributed by atoms with E-state index < -0.39 is 0 Å². The van der Waals surface area contributed by atoms with Gasteiger partial charge in [-0.15, -0.1) is 0 Å². The minimum Gasteiger partial charge on any atom is -0.494 e. The predicted octanol–water partition coefficient (Wildman–Crippen LogP) is 6.38. The van der Waals surface area contributed by atoms with Crippen molar-refractivity contribution in [1.29, 1.82) is 0 Å². The summed E-state index contributed by atoms with van der Waals surface area (Å²) in [4.78, 5) is 13.0. The number of hydrogen-bond acceptors (Lipinski definition) is 5. The number of methoxy groups -OCH3 is 1. The van der Waals surface area contributed by atoms with Crippen LogP contribution < -0.4 is 15.8 Å². The monoisotopic (exact) mass is 510 g/mol. The number of rotatable bonds is 11. The molecule has 0 bridgehead atoms. The van der Waals surface area contributed by atoms with Gasteiger partial charge < -0.3 is 25.3 Å². The average molecular weight is 511 g/mol. The fourth-order valence-corrected chi connectivity index (χ4v) is 5.58. The van der Waals surface area contributed by atoms with Gasteiger partial charge in [-0.25, -0.2) is 9.97 Å². The lowest BCUT2D eigenvalue weighted by Crippen LogP contribution is -2.14. The molecule has 0 spiro atoms. The third-order valence-electron chi connectivity index (χ3n) is 7.48. The fourth-order valence-electron chi connectivity index (χ4n) is 5.58. The maximum Gasteiger partial charge on any atom is 0.152 e. The molecule has 0 radical (unpaired) electrons. The Balaban J connectivity index is 1.28. The van der Waals surface area contributed by atoms with E-state index in [1.165, 1.54) is 11.1 Å². The number of nitrogens with one attached hydrogen (secondary N) is 2. The number of aromatic amines is 1. The van der Waals surface area contributed by atoms with Crippen molar-refractivity contribution in [3.05, 3.63) is 65.6 Å². The van der Waals surface area contributed by atoms with Crippen LogP contribution in [0.2, 0.25) is 0 Å². The largest absolute Gasteiger partial charge is 0.494 e. The molecule has 0 aliphatic rings. The summed E-state index contributed by atoms with van der Waals surface area (Å²) in [6.07, 6.45) is 4.79. The van der Waals surface area contributed by atoms with Gasteiger partial charge in [0.1, 0.15) is 17.1 Å². The van der Waals surface area contributed by atoms with E-state index in [-0.39, 0.29) is 0 Å². The van der Waals surface area contributed by atoms with Gasteiger partial charge in [0.05, 0.1) is 35.1 Å². The average Bonchev–Trinajstić information content (AvgIpc) is 3.53. The second-order valence-corrected chi connectivity index (χ2v) is 9.76. The number of aryl methyl sites for hydroxylation is 3. The number of ether oxygens (including phenoxy) is 1. The number of nitrogens with two attached hydrogens (primary N) is 1. The SMILES string of the molecule is C=C(NCCCCn1c(CC)nc2c(N)nc3ccccc3c21)c1cc2cc(CC)c(CC)c(OC)c2[nH]1. The normalized spacial score (nSPS) is 11.6. The molecule has 0 amide bonds. The van der Waals surface area contributed by atoms with Gasteiger partial charge in [0.25, 0.3) is 0 Å². The van der Waals surface area contributed by atoms with E-state index in [9.17, 15) is 0 Å². The molecule has 7 nitrogen and oxygen atoms in total. The molecule has 0 saturated heterocycles. The highest BCUT2D eigenvalue weighted by Crippen LogP contribution is 2.34. The van der Waals surface area contributed by atoms with Crippen LogP contribution in [0.25, 0.3) is 38.5 Å². The van der Waals surface area contributed by atoms with Crippen LogP contribution in [0.5, 0.6) is 5.75 Å². The van der Waals surface area contributed by atoms with Gasteiger partial charge in [-0.3, -0.25) is 0 Å². The van der Waals surface area contributed by atoms with Crippen molar-refractivity contribution in [3.8, 4) is 5.75 Å². The zero-order valence-electron chi connectivity index (χ0n) is 22.9. The Kier molecular flexibility index (Phi) is 7.27. The van der Waals surface area contributed by atoms with Crippen LogP contribution in [-0.2, 0) is 25.8 Å². The standard InChI is InChI=1S/C31H38N6O/c1-6-20-17-21-18-25(34-27(21)30(38-5)22(20)7-2)19(4)33-15-11-12-16-37-26(8-3)36-28-29(37)23-13-9-10-14-24(23)35-31(28)32/h9-10,13-14,17-18,33-34H,4,6-8,11-12,15-16H2,1-3,5H3,(H2,32,35). The lowest BCUT2D eigenvalue weighted by atomic mass is 9.99. The maximum absolute atomic E-state index is 6.29. The molecule has 3 aromatic heterocycles. The molecule has 0 atom stereocenters. The minimum absolute atomic E-state index is 0.497. The van der Waals surface area contributed by atoms with Crippen LogP contribution in [-0.4, -0.2) is 33.2 Å². The van der Waals surface area contributed by atoms with E-state index in [0.29, 0.717) is 5.82 Å². The molecule has 7 heteroatoms. The number of nitrogen functional groups attached to an aromatic ring is 1. The van der Waals surface area contributed by atoms with E-state index in [0.717, 1.165) is 101 Å². The Bertz CT molecular complexity index is 1630. The van der Waals surface area contributed by atoms with E-state index in [4.69, 9.17) is 15.5 Å². The molecule has 38 heavy (non-hydrogen) atoms. The smallest absolute Gasteiger partial charge is 0.152 e. The molecule has 198 valence electrons. The molecule has 0 aliphatic carbocycles. The van der Waals surface area contributed by atoms with Crippen molar-refractivity contribution in [2.45, 2.75) is 59.4 Å². The first-order valence-corrected chi connectivity index (χ1v) is 13.7. The highest BCUT2D eigenvalue weighted by atomic mass is 16.5. The number of aromatic nitrogens is 4. The molecule has 5 aromatic rings. The van der Waals surface area contributed by atoms with Crippen molar-refractivity contribution in [1.82, 2.24) is 24.8 Å². The van der Waals surface area contributed by atoms with Crippen molar-refractivity contribution in [2.75, 3.05) is 19.4 Å². The Labute approximate surface area is 224 Å². The summed E-state index contributed by atoms with van der Waals surface area (Å²) in [6.45, 7) is 12.5. The number of nitrogens with zero attached hydrogens (tertiary/aromatic N) is 3. The second-order valence-electron chi connectivity index (χ2n) is 9.76. The fraction of sp³-hybridized carbons (Fsp3) is 0.355. The number of benzene rings is 2. The van der Waals surface area contributed by atoms with Crippen molar-refractivity contribution in [3.63, 3.8) is 0 Å². The molecular formula is C31H38N6O. The third-order valence-corrected chi connectivity index (χ3v) is 7.48. The number of para-hydroxylation sites is 1. The van der Waals surface area contributed by atoms with Crippen LogP contribution in [0.15, 0.2) is 43.0 Å². The Morgan fingerprint density at radius 2 is 1.89 bits per heavy atom. The number of anilines is 1. The number of hydrogen-bond donors (Lipinski definition) is 3. The zero-order chi connectivity index (χ0) is 26.8. The number of pyridine rings is 1. The first kappa shape index (κ1) is 25.6. The number of H-pyrrole nitrogens is 1. The number of fused-ring (bicyclic) bond motifs is 4. The van der Waals surface area contributed by atoms with E-state index in [1.54, 1.807) is 7.11 Å². The third kappa shape index (κ3) is 4.46. The molecular weight excluding hydrogens is 472 g/mol.